The van der Waals surface area contributed by atoms with Crippen molar-refractivity contribution in [2.45, 2.75) is 20.0 Å². The Kier molecular flexibility index (Phi) is 5.76. The number of carbonyl (C=O) groups excluding carboxylic acids is 3. The van der Waals surface area contributed by atoms with E-state index in [0.29, 0.717) is 54.5 Å². The fourth-order valence-corrected chi connectivity index (χ4v) is 4.29. The molecule has 3 aromatic carbocycles. The van der Waals surface area contributed by atoms with Crippen LogP contribution < -0.4 is 9.47 Å². The second-order valence-corrected chi connectivity index (χ2v) is 8.20. The Hall–Kier alpha value is -4.13. The van der Waals surface area contributed by atoms with Crippen LogP contribution in [-0.4, -0.2) is 47.3 Å². The molecule has 0 spiro atoms. The van der Waals surface area contributed by atoms with E-state index >= 15 is 0 Å². The third-order valence-electron chi connectivity index (χ3n) is 6.10. The van der Waals surface area contributed by atoms with Gasteiger partial charge in [0.1, 0.15) is 13.2 Å². The van der Waals surface area contributed by atoms with Crippen LogP contribution in [-0.2, 0) is 13.1 Å². The minimum absolute atomic E-state index is 0.107. The Labute approximate surface area is 197 Å². The number of fused-ring (bicyclic) bond motifs is 2. The molecule has 0 saturated heterocycles. The molecule has 34 heavy (non-hydrogen) atoms. The number of benzene rings is 3. The molecule has 0 fully saturated rings. The maximum atomic E-state index is 13.2. The first kappa shape index (κ1) is 21.7. The molecular formula is C27H24N2O5. The van der Waals surface area contributed by atoms with Crippen molar-refractivity contribution in [3.05, 3.63) is 94.5 Å². The van der Waals surface area contributed by atoms with Crippen LogP contribution in [0.25, 0.3) is 0 Å². The first-order chi connectivity index (χ1) is 16.6. The summed E-state index contributed by atoms with van der Waals surface area (Å²) >= 11 is 0. The highest BCUT2D eigenvalue weighted by molar-refractivity contribution is 6.21. The van der Waals surface area contributed by atoms with Crippen LogP contribution in [0.1, 0.15) is 49.1 Å². The average molecular weight is 456 g/mol. The Bertz CT molecular complexity index is 1230. The second kappa shape index (κ2) is 9.02. The minimum atomic E-state index is -0.296. The van der Waals surface area contributed by atoms with Crippen molar-refractivity contribution in [3.8, 4) is 11.5 Å². The van der Waals surface area contributed by atoms with Gasteiger partial charge < -0.3 is 14.4 Å². The zero-order valence-corrected chi connectivity index (χ0v) is 18.8. The van der Waals surface area contributed by atoms with Crippen molar-refractivity contribution < 1.29 is 23.9 Å². The van der Waals surface area contributed by atoms with Gasteiger partial charge in [0.05, 0.1) is 17.7 Å². The SMILES string of the molecule is CCN(Cc1cccc2c1OCCO2)C(=O)c1ccc(CN2C(=O)c3ccccc3C2=O)cc1. The van der Waals surface area contributed by atoms with Gasteiger partial charge in [-0.05, 0) is 42.8 Å². The zero-order chi connectivity index (χ0) is 23.7. The molecule has 2 heterocycles. The normalized spacial score (nSPS) is 14.2. The van der Waals surface area contributed by atoms with E-state index in [1.165, 1.54) is 4.90 Å². The maximum Gasteiger partial charge on any atom is 0.261 e. The summed E-state index contributed by atoms with van der Waals surface area (Å²) in [4.78, 5) is 41.4. The Morgan fingerprint density at radius 2 is 1.56 bits per heavy atom. The molecule has 0 aliphatic carbocycles. The summed E-state index contributed by atoms with van der Waals surface area (Å²) < 4.78 is 11.4. The second-order valence-electron chi connectivity index (χ2n) is 8.20. The Morgan fingerprint density at radius 3 is 2.24 bits per heavy atom. The Morgan fingerprint density at radius 1 is 0.882 bits per heavy atom. The van der Waals surface area contributed by atoms with Crippen LogP contribution in [0.5, 0.6) is 11.5 Å². The predicted octanol–water partition coefficient (Wildman–Crippen LogP) is 3.92. The summed E-state index contributed by atoms with van der Waals surface area (Å²) in [5, 5.41) is 0. The number of nitrogens with zero attached hydrogens (tertiary/aromatic N) is 2. The van der Waals surface area contributed by atoms with E-state index in [1.54, 1.807) is 53.4 Å². The van der Waals surface area contributed by atoms with Crippen LogP contribution in [0.2, 0.25) is 0 Å². The molecule has 172 valence electrons. The Balaban J connectivity index is 1.29. The molecule has 7 heteroatoms. The molecule has 0 radical (unpaired) electrons. The summed E-state index contributed by atoms with van der Waals surface area (Å²) in [5.74, 6) is 0.691. The molecule has 0 unspecified atom stereocenters. The number of hydrogen-bond acceptors (Lipinski definition) is 5. The van der Waals surface area contributed by atoms with Crippen LogP contribution in [0.3, 0.4) is 0 Å². The molecule has 0 atom stereocenters. The number of imide groups is 1. The number of ether oxygens (including phenoxy) is 2. The van der Waals surface area contributed by atoms with Gasteiger partial charge in [0.25, 0.3) is 17.7 Å². The number of carbonyl (C=O) groups is 3. The largest absolute Gasteiger partial charge is 0.486 e. The van der Waals surface area contributed by atoms with Crippen molar-refractivity contribution in [3.63, 3.8) is 0 Å². The lowest BCUT2D eigenvalue weighted by Crippen LogP contribution is -2.31. The van der Waals surface area contributed by atoms with Crippen LogP contribution in [0.4, 0.5) is 0 Å². The molecular weight excluding hydrogens is 432 g/mol. The van der Waals surface area contributed by atoms with Gasteiger partial charge in [0, 0.05) is 24.2 Å². The maximum absolute atomic E-state index is 13.2. The fraction of sp³-hybridized carbons (Fsp3) is 0.222. The van der Waals surface area contributed by atoms with Gasteiger partial charge in [0.2, 0.25) is 0 Å². The van der Waals surface area contributed by atoms with E-state index in [9.17, 15) is 14.4 Å². The van der Waals surface area contributed by atoms with E-state index in [4.69, 9.17) is 9.47 Å². The van der Waals surface area contributed by atoms with Gasteiger partial charge >= 0.3 is 0 Å². The third-order valence-corrected chi connectivity index (χ3v) is 6.10. The molecule has 0 saturated carbocycles. The van der Waals surface area contributed by atoms with Crippen molar-refractivity contribution in [2.75, 3.05) is 19.8 Å². The highest BCUT2D eigenvalue weighted by Crippen LogP contribution is 2.34. The highest BCUT2D eigenvalue weighted by Gasteiger charge is 2.35. The average Bonchev–Trinajstić information content (AvgIpc) is 3.12. The lowest BCUT2D eigenvalue weighted by atomic mass is 10.1. The van der Waals surface area contributed by atoms with Crippen molar-refractivity contribution >= 4 is 17.7 Å². The quantitative estimate of drug-likeness (QED) is 0.526. The third kappa shape index (κ3) is 3.90. The minimum Gasteiger partial charge on any atom is -0.486 e. The van der Waals surface area contributed by atoms with Crippen molar-refractivity contribution in [1.82, 2.24) is 9.80 Å². The van der Waals surface area contributed by atoms with Crippen LogP contribution in [0.15, 0.2) is 66.7 Å². The number of para-hydroxylation sites is 1. The summed E-state index contributed by atoms with van der Waals surface area (Å²) in [6.45, 7) is 4.02. The molecule has 0 bridgehead atoms. The molecule has 3 amide bonds. The van der Waals surface area contributed by atoms with Crippen LogP contribution in [0, 0.1) is 0 Å². The lowest BCUT2D eigenvalue weighted by Gasteiger charge is -2.25. The van der Waals surface area contributed by atoms with Gasteiger partial charge in [-0.1, -0.05) is 36.4 Å². The standard InChI is InChI=1S/C27H24N2O5/c1-2-28(17-20-6-5-9-23-24(20)34-15-14-33-23)25(30)19-12-10-18(11-13-19)16-29-26(31)21-7-3-4-8-22(21)27(29)32/h3-13H,2,14-17H2,1H3. The monoisotopic (exact) mass is 456 g/mol. The van der Waals surface area contributed by atoms with E-state index in [0.717, 1.165) is 11.1 Å². The fourth-order valence-electron chi connectivity index (χ4n) is 4.29. The lowest BCUT2D eigenvalue weighted by molar-refractivity contribution is 0.0640. The molecule has 3 aromatic rings. The van der Waals surface area contributed by atoms with Gasteiger partial charge in [-0.15, -0.1) is 0 Å². The molecule has 2 aliphatic rings. The number of rotatable bonds is 6. The van der Waals surface area contributed by atoms with Gasteiger partial charge in [-0.25, -0.2) is 0 Å². The molecule has 0 N–H and O–H groups in total. The van der Waals surface area contributed by atoms with Gasteiger partial charge in [0.15, 0.2) is 11.5 Å². The molecule has 7 nitrogen and oxygen atoms in total. The zero-order valence-electron chi connectivity index (χ0n) is 18.8. The molecule has 2 aliphatic heterocycles. The van der Waals surface area contributed by atoms with Gasteiger partial charge in [-0.3, -0.25) is 19.3 Å². The number of hydrogen-bond donors (Lipinski definition) is 0. The highest BCUT2D eigenvalue weighted by atomic mass is 16.6. The van der Waals surface area contributed by atoms with Crippen molar-refractivity contribution in [1.29, 1.82) is 0 Å². The summed E-state index contributed by atoms with van der Waals surface area (Å²) in [5.41, 5.74) is 3.06. The number of amides is 3. The van der Waals surface area contributed by atoms with Crippen LogP contribution >= 0.6 is 0 Å². The summed E-state index contributed by atoms with van der Waals surface area (Å²) in [6.07, 6.45) is 0. The van der Waals surface area contributed by atoms with Gasteiger partial charge in [-0.2, -0.15) is 0 Å². The van der Waals surface area contributed by atoms with E-state index < -0.39 is 0 Å². The first-order valence-electron chi connectivity index (χ1n) is 11.3. The van der Waals surface area contributed by atoms with Crippen molar-refractivity contribution in [2.24, 2.45) is 0 Å². The van der Waals surface area contributed by atoms with E-state index in [2.05, 4.69) is 0 Å². The topological polar surface area (TPSA) is 76.2 Å². The molecule has 5 rings (SSSR count). The predicted molar refractivity (Wildman–Crippen MR) is 125 cm³/mol. The molecule has 0 aromatic heterocycles. The summed E-state index contributed by atoms with van der Waals surface area (Å²) in [6, 6.07) is 19.6. The van der Waals surface area contributed by atoms with E-state index in [-0.39, 0.29) is 24.3 Å². The smallest absolute Gasteiger partial charge is 0.261 e. The summed E-state index contributed by atoms with van der Waals surface area (Å²) in [7, 11) is 0. The first-order valence-corrected chi connectivity index (χ1v) is 11.3. The van der Waals surface area contributed by atoms with E-state index in [1.807, 2.05) is 25.1 Å².